The van der Waals surface area contributed by atoms with Crippen molar-refractivity contribution >= 4 is 22.8 Å². The number of hydrogen-bond acceptors (Lipinski definition) is 3. The number of aromatic amines is 1. The molecule has 0 spiro atoms. The molecule has 5 nitrogen and oxygen atoms in total. The number of hydrogen-bond donors (Lipinski definition) is 1. The van der Waals surface area contributed by atoms with Crippen molar-refractivity contribution in [1.29, 1.82) is 0 Å². The van der Waals surface area contributed by atoms with Gasteiger partial charge >= 0.3 is 23.0 Å². The third-order valence-electron chi connectivity index (χ3n) is 6.32. The molecule has 2 aromatic rings. The molecule has 1 aromatic heterocycles. The molecule has 2 heterocycles. The summed E-state index contributed by atoms with van der Waals surface area (Å²) in [6.07, 6.45) is 21.1. The average molecular weight is 524 g/mol. The molecule has 3 fully saturated rings. The van der Waals surface area contributed by atoms with Crippen LogP contribution in [0.25, 0.3) is 10.9 Å². The van der Waals surface area contributed by atoms with Gasteiger partial charge < -0.3 is 9.72 Å². The molecule has 1 saturated heterocycles. The molecule has 186 valence electrons. The number of fused-ring (bicyclic) bond motifs is 1. The van der Waals surface area contributed by atoms with E-state index >= 15 is 0 Å². The summed E-state index contributed by atoms with van der Waals surface area (Å²) in [6.45, 7) is 9.48. The predicted molar refractivity (Wildman–Crippen MR) is 138 cm³/mol. The topological polar surface area (TPSA) is 62.4 Å². The fraction of sp³-hybridized carbons (Fsp3) is 0.267. The second-order valence-corrected chi connectivity index (χ2v) is 9.92. The molecule has 1 N–H and O–H groups in total. The van der Waals surface area contributed by atoms with E-state index in [0.717, 1.165) is 22.4 Å². The number of esters is 1. The Hall–Kier alpha value is -2.04. The zero-order chi connectivity index (χ0) is 25.1. The first kappa shape index (κ1) is 28.5. The number of para-hydroxylation sites is 1. The molecule has 5 rings (SSSR count). The summed E-state index contributed by atoms with van der Waals surface area (Å²) in [6, 6.07) is 7.95. The van der Waals surface area contributed by atoms with E-state index in [0.29, 0.717) is 12.8 Å². The molecule has 2 saturated carbocycles. The van der Waals surface area contributed by atoms with Crippen molar-refractivity contribution in [3.8, 4) is 0 Å². The molecular weight excluding hydrogens is 492 g/mol. The van der Waals surface area contributed by atoms with E-state index in [4.69, 9.17) is 4.74 Å². The maximum absolute atomic E-state index is 13.7. The molecule has 1 amide bonds. The third-order valence-corrected chi connectivity index (χ3v) is 6.32. The zero-order valence-electron chi connectivity index (χ0n) is 20.9. The van der Waals surface area contributed by atoms with E-state index in [2.05, 4.69) is 11.6 Å². The first-order valence-corrected chi connectivity index (χ1v) is 11.9. The summed E-state index contributed by atoms with van der Waals surface area (Å²) in [5.41, 5.74) is 0.137. The molecule has 36 heavy (non-hydrogen) atoms. The van der Waals surface area contributed by atoms with Crippen LogP contribution in [0.15, 0.2) is 43.1 Å². The van der Waals surface area contributed by atoms with Crippen LogP contribution < -0.4 is 0 Å². The number of carbonyl (C=O) groups is 2. The molecule has 1 aromatic carbocycles. The Kier molecular flexibility index (Phi) is 9.51. The van der Waals surface area contributed by atoms with Crippen LogP contribution in [-0.2, 0) is 37.8 Å². The van der Waals surface area contributed by atoms with Gasteiger partial charge in [-0.25, -0.2) is 4.79 Å². The largest absolute Gasteiger partial charge is 2.00 e. The minimum Gasteiger partial charge on any atom is -0.439 e. The van der Waals surface area contributed by atoms with Crippen LogP contribution in [0.1, 0.15) is 32.8 Å². The Bertz CT molecular complexity index is 1040. The summed E-state index contributed by atoms with van der Waals surface area (Å²) in [4.78, 5) is 32.0. The first-order chi connectivity index (χ1) is 16.8. The first-order valence-electron chi connectivity index (χ1n) is 11.9. The monoisotopic (exact) mass is 524 g/mol. The zero-order valence-corrected chi connectivity index (χ0v) is 22.0. The summed E-state index contributed by atoms with van der Waals surface area (Å²) < 4.78 is 5.87. The molecule has 3 aliphatic rings. The maximum Gasteiger partial charge on any atom is 2.00 e. The van der Waals surface area contributed by atoms with Crippen molar-refractivity contribution in [1.82, 2.24) is 9.88 Å². The van der Waals surface area contributed by atoms with Crippen molar-refractivity contribution in [3.63, 3.8) is 0 Å². The van der Waals surface area contributed by atoms with Crippen LogP contribution in [-0.4, -0.2) is 33.5 Å². The number of rotatable bonds is 5. The van der Waals surface area contributed by atoms with E-state index in [1.807, 2.05) is 109 Å². The number of aromatic nitrogens is 1. The molecular formula is C30H32FeN2O3+2. The van der Waals surface area contributed by atoms with Crippen LogP contribution >= 0.6 is 0 Å². The van der Waals surface area contributed by atoms with Gasteiger partial charge in [0.25, 0.3) is 0 Å². The fourth-order valence-electron chi connectivity index (χ4n) is 4.58. The minimum atomic E-state index is -1.15. The molecule has 10 radical (unpaired) electrons. The number of carbonyl (C=O) groups excluding carboxylic acids is 2. The summed E-state index contributed by atoms with van der Waals surface area (Å²) >= 11 is 0. The molecule has 1 aliphatic heterocycles. The Morgan fingerprint density at radius 3 is 2.28 bits per heavy atom. The Morgan fingerprint density at radius 2 is 1.69 bits per heavy atom. The number of benzene rings is 1. The molecule has 0 bridgehead atoms. The Balaban J connectivity index is 0.000000538. The van der Waals surface area contributed by atoms with E-state index in [1.165, 1.54) is 0 Å². The quantitative estimate of drug-likeness (QED) is 0.332. The van der Waals surface area contributed by atoms with E-state index < -0.39 is 23.2 Å². The average Bonchev–Trinajstić information content (AvgIpc) is 3.63. The molecule has 2 atom stereocenters. The number of cyclic esters (lactones) is 1. The van der Waals surface area contributed by atoms with Gasteiger partial charge in [0.1, 0.15) is 0 Å². The predicted octanol–water partition coefficient (Wildman–Crippen LogP) is 5.21. The van der Waals surface area contributed by atoms with Gasteiger partial charge in [-0.1, -0.05) is 45.0 Å². The summed E-state index contributed by atoms with van der Waals surface area (Å²) in [5.74, 6) is 0.281. The van der Waals surface area contributed by atoms with E-state index in [-0.39, 0.29) is 23.0 Å². The summed E-state index contributed by atoms with van der Waals surface area (Å²) in [7, 11) is 0. The van der Waals surface area contributed by atoms with Crippen LogP contribution in [0.5, 0.6) is 0 Å². The molecule has 6 heteroatoms. The van der Waals surface area contributed by atoms with Gasteiger partial charge in [0.2, 0.25) is 5.91 Å². The third kappa shape index (κ3) is 5.75. The number of nitrogens with one attached hydrogen (secondary N) is 1. The Labute approximate surface area is 226 Å². The van der Waals surface area contributed by atoms with Crippen molar-refractivity contribution in [2.24, 2.45) is 5.41 Å². The van der Waals surface area contributed by atoms with Crippen LogP contribution in [0, 0.1) is 69.1 Å². The van der Waals surface area contributed by atoms with Gasteiger partial charge in [0.05, 0.1) is 0 Å². The van der Waals surface area contributed by atoms with Gasteiger partial charge in [-0.15, -0.1) is 6.58 Å². The van der Waals surface area contributed by atoms with Gasteiger partial charge in [-0.3, -0.25) is 9.69 Å². The van der Waals surface area contributed by atoms with Gasteiger partial charge in [0.15, 0.2) is 11.8 Å². The van der Waals surface area contributed by atoms with Crippen molar-refractivity contribution in [2.45, 2.75) is 45.4 Å². The molecule has 0 unspecified atom stereocenters. The SMILES string of the molecule is C=CC[C@@]1(Cc2c[nH]c3ccccc23)C(=O)O[C@H]([C]2[CH][CH][CH][CH]2)N1C(=O)C(C)(C)C.[CH]1[CH][CH][CH][CH]1.[Fe+2]. The standard InChI is InChI=1S/C25H27N2O3.C5H5.Fe/c1-5-14-25(15-18-16-26-20-13-9-8-12-19(18)20)23(29)30-21(17-10-6-7-11-17)27(25)22(28)24(2,3)4;1-2-4-5-3-1;/h5-13,16,21,26H,1,14-15H2,2-4H3;1-5H;/q;;+2/t21-,25-;;/m1../s1. The van der Waals surface area contributed by atoms with Crippen LogP contribution in [0.2, 0.25) is 0 Å². The maximum atomic E-state index is 13.7. The van der Waals surface area contributed by atoms with Crippen molar-refractivity contribution in [2.75, 3.05) is 0 Å². The second kappa shape index (κ2) is 12.0. The van der Waals surface area contributed by atoms with Crippen molar-refractivity contribution in [3.05, 3.63) is 112 Å². The Morgan fingerprint density at radius 1 is 1.08 bits per heavy atom. The van der Waals surface area contributed by atoms with E-state index in [1.54, 1.807) is 11.0 Å². The fourth-order valence-corrected chi connectivity index (χ4v) is 4.58. The summed E-state index contributed by atoms with van der Waals surface area (Å²) in [5, 5.41) is 1.04. The van der Waals surface area contributed by atoms with Gasteiger partial charge in [-0.05, 0) is 75.8 Å². The number of nitrogens with zero attached hydrogens (tertiary/aromatic N) is 1. The van der Waals surface area contributed by atoms with Crippen LogP contribution in [0.4, 0.5) is 0 Å². The second-order valence-electron chi connectivity index (χ2n) is 9.92. The van der Waals surface area contributed by atoms with Crippen molar-refractivity contribution < 1.29 is 31.4 Å². The minimum absolute atomic E-state index is 0. The van der Waals surface area contributed by atoms with E-state index in [9.17, 15) is 9.59 Å². The normalized spacial score (nSPS) is 24.2. The smallest absolute Gasteiger partial charge is 0.439 e. The van der Waals surface area contributed by atoms with Gasteiger partial charge in [-0.2, -0.15) is 0 Å². The number of amides is 1. The number of ether oxygens (including phenoxy) is 1. The van der Waals surface area contributed by atoms with Crippen LogP contribution in [0.3, 0.4) is 0 Å². The number of H-pyrrole nitrogens is 1. The van der Waals surface area contributed by atoms with Gasteiger partial charge in [0, 0.05) is 34.9 Å². The molecule has 2 aliphatic carbocycles.